The van der Waals surface area contributed by atoms with E-state index in [2.05, 4.69) is 24.2 Å². The Morgan fingerprint density at radius 2 is 1.81 bits per heavy atom. The second kappa shape index (κ2) is 7.22. The molecule has 2 amide bonds. The van der Waals surface area contributed by atoms with Gasteiger partial charge in [0, 0.05) is 25.0 Å². The number of hydrazine groups is 1. The summed E-state index contributed by atoms with van der Waals surface area (Å²) in [6, 6.07) is 0.475. The maximum atomic E-state index is 12.4. The summed E-state index contributed by atoms with van der Waals surface area (Å²) >= 11 is 0. The maximum absolute atomic E-state index is 12.4. The van der Waals surface area contributed by atoms with E-state index in [4.69, 9.17) is 5.84 Å². The molecule has 120 valence electrons. The van der Waals surface area contributed by atoms with Crippen molar-refractivity contribution < 1.29 is 9.59 Å². The van der Waals surface area contributed by atoms with Gasteiger partial charge in [0.1, 0.15) is 0 Å². The number of nitrogens with one attached hydrogen (secondary N) is 1. The smallest absolute Gasteiger partial charge is 0.237 e. The van der Waals surface area contributed by atoms with Crippen molar-refractivity contribution in [2.45, 2.75) is 45.6 Å². The first-order valence-electron chi connectivity index (χ1n) is 8.05. The number of piperidine rings is 2. The number of rotatable bonds is 3. The van der Waals surface area contributed by atoms with Crippen LogP contribution in [0.1, 0.15) is 39.5 Å². The summed E-state index contributed by atoms with van der Waals surface area (Å²) in [5.74, 6) is 5.86. The molecule has 2 heterocycles. The lowest BCUT2D eigenvalue weighted by Gasteiger charge is -2.39. The van der Waals surface area contributed by atoms with Crippen molar-refractivity contribution in [2.75, 3.05) is 26.2 Å². The van der Waals surface area contributed by atoms with Crippen LogP contribution < -0.4 is 11.3 Å². The van der Waals surface area contributed by atoms with E-state index in [1.165, 1.54) is 12.8 Å². The van der Waals surface area contributed by atoms with E-state index in [1.807, 2.05) is 4.90 Å². The molecule has 0 aromatic carbocycles. The second-order valence-electron chi connectivity index (χ2n) is 6.49. The predicted molar refractivity (Wildman–Crippen MR) is 81.1 cm³/mol. The van der Waals surface area contributed by atoms with Gasteiger partial charge < -0.3 is 4.90 Å². The Morgan fingerprint density at radius 3 is 2.43 bits per heavy atom. The standard InChI is InChI=1S/C15H28N4O2/c1-11-4-3-7-19(12(11)2)10-14(20)18-8-5-13(6-9-18)15(21)17-16/h11-13H,3-10,16H2,1-2H3,(H,17,21). The fourth-order valence-corrected chi connectivity index (χ4v) is 3.43. The van der Waals surface area contributed by atoms with Gasteiger partial charge in [-0.2, -0.15) is 0 Å². The quantitative estimate of drug-likeness (QED) is 0.447. The number of amides is 2. The van der Waals surface area contributed by atoms with Crippen LogP contribution >= 0.6 is 0 Å². The molecule has 0 aromatic rings. The van der Waals surface area contributed by atoms with Gasteiger partial charge >= 0.3 is 0 Å². The van der Waals surface area contributed by atoms with Crippen LogP contribution in [-0.2, 0) is 9.59 Å². The summed E-state index contributed by atoms with van der Waals surface area (Å²) in [5, 5.41) is 0. The second-order valence-corrected chi connectivity index (χ2v) is 6.49. The lowest BCUT2D eigenvalue weighted by atomic mass is 9.92. The monoisotopic (exact) mass is 296 g/mol. The Balaban J connectivity index is 1.81. The fourth-order valence-electron chi connectivity index (χ4n) is 3.43. The molecular formula is C15H28N4O2. The molecular weight excluding hydrogens is 268 g/mol. The number of hydrogen-bond acceptors (Lipinski definition) is 4. The van der Waals surface area contributed by atoms with Gasteiger partial charge in [-0.1, -0.05) is 6.92 Å². The number of hydrogen-bond donors (Lipinski definition) is 2. The van der Waals surface area contributed by atoms with Crippen LogP contribution in [0, 0.1) is 11.8 Å². The topological polar surface area (TPSA) is 78.7 Å². The van der Waals surface area contributed by atoms with Gasteiger partial charge in [-0.3, -0.25) is 19.9 Å². The summed E-state index contributed by atoms with van der Waals surface area (Å²) in [5.41, 5.74) is 2.20. The van der Waals surface area contributed by atoms with Crippen LogP contribution in [0.5, 0.6) is 0 Å². The van der Waals surface area contributed by atoms with E-state index in [9.17, 15) is 9.59 Å². The minimum atomic E-state index is -0.111. The summed E-state index contributed by atoms with van der Waals surface area (Å²) in [4.78, 5) is 28.1. The van der Waals surface area contributed by atoms with Gasteiger partial charge in [-0.25, -0.2) is 5.84 Å². The normalized spacial score (nSPS) is 28.4. The van der Waals surface area contributed by atoms with Crippen molar-refractivity contribution in [2.24, 2.45) is 17.7 Å². The van der Waals surface area contributed by atoms with Crippen molar-refractivity contribution in [3.8, 4) is 0 Å². The van der Waals surface area contributed by atoms with E-state index in [0.29, 0.717) is 44.4 Å². The highest BCUT2D eigenvalue weighted by Crippen LogP contribution is 2.23. The van der Waals surface area contributed by atoms with Crippen LogP contribution in [-0.4, -0.2) is 53.8 Å². The molecule has 0 aliphatic carbocycles. The van der Waals surface area contributed by atoms with E-state index < -0.39 is 0 Å². The molecule has 2 atom stereocenters. The number of carbonyl (C=O) groups is 2. The molecule has 2 aliphatic rings. The molecule has 0 aromatic heterocycles. The summed E-state index contributed by atoms with van der Waals surface area (Å²) in [6.07, 6.45) is 3.85. The highest BCUT2D eigenvalue weighted by molar-refractivity contribution is 5.80. The molecule has 0 spiro atoms. The largest absolute Gasteiger partial charge is 0.342 e. The molecule has 0 radical (unpaired) electrons. The van der Waals surface area contributed by atoms with Crippen LogP contribution in [0.2, 0.25) is 0 Å². The Hall–Kier alpha value is -1.14. The Bertz CT molecular complexity index is 380. The molecule has 21 heavy (non-hydrogen) atoms. The molecule has 0 bridgehead atoms. The molecule has 2 aliphatic heterocycles. The van der Waals surface area contributed by atoms with E-state index in [0.717, 1.165) is 6.54 Å². The molecule has 3 N–H and O–H groups in total. The Morgan fingerprint density at radius 1 is 1.14 bits per heavy atom. The van der Waals surface area contributed by atoms with Crippen molar-refractivity contribution in [1.82, 2.24) is 15.2 Å². The zero-order valence-electron chi connectivity index (χ0n) is 13.2. The first-order valence-corrected chi connectivity index (χ1v) is 8.05. The molecule has 6 heteroatoms. The third-order valence-corrected chi connectivity index (χ3v) is 5.20. The number of nitrogens with zero attached hydrogens (tertiary/aromatic N) is 2. The first-order chi connectivity index (χ1) is 10.0. The molecule has 2 rings (SSSR count). The fraction of sp³-hybridized carbons (Fsp3) is 0.867. The lowest BCUT2D eigenvalue weighted by molar-refractivity contribution is -0.137. The molecule has 2 fully saturated rings. The highest BCUT2D eigenvalue weighted by atomic mass is 16.2. The van der Waals surface area contributed by atoms with Gasteiger partial charge in [-0.05, 0) is 45.1 Å². The van der Waals surface area contributed by atoms with E-state index >= 15 is 0 Å². The third-order valence-electron chi connectivity index (χ3n) is 5.20. The SMILES string of the molecule is CC1CCCN(CC(=O)N2CCC(C(=O)NN)CC2)C1C. The van der Waals surface area contributed by atoms with Crippen molar-refractivity contribution in [3.05, 3.63) is 0 Å². The van der Waals surface area contributed by atoms with Crippen LogP contribution in [0.4, 0.5) is 0 Å². The van der Waals surface area contributed by atoms with Crippen molar-refractivity contribution in [1.29, 1.82) is 0 Å². The Labute approximate surface area is 127 Å². The third kappa shape index (κ3) is 3.95. The average Bonchev–Trinajstić information content (AvgIpc) is 2.51. The summed E-state index contributed by atoms with van der Waals surface area (Å²) in [7, 11) is 0. The molecule has 0 saturated carbocycles. The zero-order chi connectivity index (χ0) is 15.4. The maximum Gasteiger partial charge on any atom is 0.237 e. The average molecular weight is 296 g/mol. The van der Waals surface area contributed by atoms with E-state index in [-0.39, 0.29) is 17.7 Å². The van der Waals surface area contributed by atoms with Crippen molar-refractivity contribution in [3.63, 3.8) is 0 Å². The van der Waals surface area contributed by atoms with E-state index in [1.54, 1.807) is 0 Å². The van der Waals surface area contributed by atoms with Crippen LogP contribution in [0.15, 0.2) is 0 Å². The van der Waals surface area contributed by atoms with Gasteiger partial charge in [0.15, 0.2) is 0 Å². The first kappa shape index (κ1) is 16.2. The summed E-state index contributed by atoms with van der Waals surface area (Å²) in [6.45, 7) is 7.33. The molecule has 6 nitrogen and oxygen atoms in total. The van der Waals surface area contributed by atoms with Gasteiger partial charge in [0.2, 0.25) is 11.8 Å². The molecule has 2 unspecified atom stereocenters. The number of carbonyl (C=O) groups excluding carboxylic acids is 2. The Kier molecular flexibility index (Phi) is 5.58. The van der Waals surface area contributed by atoms with Crippen LogP contribution in [0.3, 0.4) is 0 Å². The predicted octanol–water partition coefficient (Wildman–Crippen LogP) is 0.335. The minimum Gasteiger partial charge on any atom is -0.342 e. The van der Waals surface area contributed by atoms with Gasteiger partial charge in [0.25, 0.3) is 0 Å². The number of likely N-dealkylation sites (tertiary alicyclic amines) is 2. The lowest BCUT2D eigenvalue weighted by Crippen LogP contribution is -2.50. The minimum absolute atomic E-state index is 0.0482. The van der Waals surface area contributed by atoms with Crippen LogP contribution in [0.25, 0.3) is 0 Å². The van der Waals surface area contributed by atoms with Gasteiger partial charge in [0.05, 0.1) is 6.54 Å². The highest BCUT2D eigenvalue weighted by Gasteiger charge is 2.30. The summed E-state index contributed by atoms with van der Waals surface area (Å²) < 4.78 is 0. The van der Waals surface area contributed by atoms with Crippen molar-refractivity contribution >= 4 is 11.8 Å². The zero-order valence-corrected chi connectivity index (χ0v) is 13.2. The van der Waals surface area contributed by atoms with Gasteiger partial charge in [-0.15, -0.1) is 0 Å². The number of nitrogens with two attached hydrogens (primary N) is 1. The molecule has 2 saturated heterocycles.